The average Bonchev–Trinajstić information content (AvgIpc) is 3.24. The third kappa shape index (κ3) is 2.78. The van der Waals surface area contributed by atoms with Crippen molar-refractivity contribution in [2.45, 2.75) is 18.4 Å². The van der Waals surface area contributed by atoms with Crippen LogP contribution in [0.1, 0.15) is 23.4 Å². The van der Waals surface area contributed by atoms with Gasteiger partial charge in [0.2, 0.25) is 5.88 Å². The second-order valence-electron chi connectivity index (χ2n) is 6.34. The van der Waals surface area contributed by atoms with Crippen molar-refractivity contribution in [2.75, 3.05) is 26.3 Å². The molecular formula is C18H20N2O4. The zero-order chi connectivity index (χ0) is 16.4. The maximum absolute atomic E-state index is 12.3. The molecule has 2 saturated heterocycles. The molecule has 2 aliphatic rings. The van der Waals surface area contributed by atoms with Gasteiger partial charge >= 0.3 is 0 Å². The van der Waals surface area contributed by atoms with Crippen molar-refractivity contribution >= 4 is 5.91 Å². The van der Waals surface area contributed by atoms with Crippen molar-refractivity contribution in [3.63, 3.8) is 0 Å². The second-order valence-corrected chi connectivity index (χ2v) is 6.34. The lowest BCUT2D eigenvalue weighted by Gasteiger charge is -2.49. The molecule has 0 bridgehead atoms. The van der Waals surface area contributed by atoms with Crippen LogP contribution in [0, 0.1) is 5.92 Å². The third-order valence-corrected chi connectivity index (χ3v) is 4.89. The number of amides is 1. The summed E-state index contributed by atoms with van der Waals surface area (Å²) in [5, 5.41) is 0. The number of rotatable bonds is 5. The minimum Gasteiger partial charge on any atom is -0.478 e. The number of furan rings is 1. The standard InChI is InChI=1S/C18H20N2O4/c21-17(15-4-3-9-22-15)20-12-18(13-20)14(7-11-24-18)6-10-23-16-5-1-2-8-19-16/h1-5,8-9,14H,6-7,10-13H2/t14-/m1/s1. The van der Waals surface area contributed by atoms with Crippen molar-refractivity contribution in [1.29, 1.82) is 0 Å². The molecular weight excluding hydrogens is 308 g/mol. The predicted molar refractivity (Wildman–Crippen MR) is 85.8 cm³/mol. The minimum absolute atomic E-state index is 0.0652. The first-order valence-corrected chi connectivity index (χ1v) is 8.27. The van der Waals surface area contributed by atoms with Crippen LogP contribution in [0.4, 0.5) is 0 Å². The predicted octanol–water partition coefficient (Wildman–Crippen LogP) is 2.37. The molecule has 0 N–H and O–H groups in total. The van der Waals surface area contributed by atoms with Crippen molar-refractivity contribution in [3.8, 4) is 5.88 Å². The van der Waals surface area contributed by atoms with E-state index in [0.717, 1.165) is 19.4 Å². The van der Waals surface area contributed by atoms with E-state index in [2.05, 4.69) is 4.98 Å². The first-order valence-electron chi connectivity index (χ1n) is 8.27. The van der Waals surface area contributed by atoms with Crippen LogP contribution in [-0.4, -0.2) is 47.7 Å². The minimum atomic E-state index is -0.213. The Morgan fingerprint density at radius 2 is 2.25 bits per heavy atom. The maximum atomic E-state index is 12.3. The van der Waals surface area contributed by atoms with Gasteiger partial charge in [0, 0.05) is 18.9 Å². The summed E-state index contributed by atoms with van der Waals surface area (Å²) in [6.07, 6.45) is 5.15. The Kier molecular flexibility index (Phi) is 3.98. The number of carbonyl (C=O) groups excluding carboxylic acids is 1. The molecule has 4 rings (SSSR count). The summed E-state index contributed by atoms with van der Waals surface area (Å²) in [7, 11) is 0. The van der Waals surface area contributed by atoms with Gasteiger partial charge in [-0.2, -0.15) is 0 Å². The zero-order valence-corrected chi connectivity index (χ0v) is 13.4. The molecule has 0 aromatic carbocycles. The molecule has 126 valence electrons. The number of carbonyl (C=O) groups is 1. The average molecular weight is 328 g/mol. The normalized spacial score (nSPS) is 21.7. The summed E-state index contributed by atoms with van der Waals surface area (Å²) < 4.78 is 16.9. The van der Waals surface area contributed by atoms with Crippen LogP contribution >= 0.6 is 0 Å². The molecule has 2 fully saturated rings. The molecule has 24 heavy (non-hydrogen) atoms. The summed E-state index contributed by atoms with van der Waals surface area (Å²) in [5.41, 5.74) is -0.213. The number of likely N-dealkylation sites (tertiary alicyclic amines) is 1. The lowest BCUT2D eigenvalue weighted by molar-refractivity contribution is -0.119. The van der Waals surface area contributed by atoms with Gasteiger partial charge in [-0.15, -0.1) is 0 Å². The molecule has 6 nitrogen and oxygen atoms in total. The van der Waals surface area contributed by atoms with Crippen molar-refractivity contribution in [3.05, 3.63) is 48.6 Å². The molecule has 0 aliphatic carbocycles. The van der Waals surface area contributed by atoms with Crippen LogP contribution in [0.25, 0.3) is 0 Å². The molecule has 0 saturated carbocycles. The monoisotopic (exact) mass is 328 g/mol. The summed E-state index contributed by atoms with van der Waals surface area (Å²) in [6, 6.07) is 9.06. The highest BCUT2D eigenvalue weighted by Gasteiger charge is 2.54. The molecule has 1 atom stereocenters. The molecule has 6 heteroatoms. The third-order valence-electron chi connectivity index (χ3n) is 4.89. The fourth-order valence-electron chi connectivity index (χ4n) is 3.58. The quantitative estimate of drug-likeness (QED) is 0.843. The summed E-state index contributed by atoms with van der Waals surface area (Å²) in [4.78, 5) is 18.2. The van der Waals surface area contributed by atoms with E-state index < -0.39 is 0 Å². The maximum Gasteiger partial charge on any atom is 0.289 e. The molecule has 0 unspecified atom stereocenters. The Balaban J connectivity index is 1.30. The number of aromatic nitrogens is 1. The number of ether oxygens (including phenoxy) is 2. The van der Waals surface area contributed by atoms with Gasteiger partial charge in [-0.05, 0) is 37.0 Å². The Labute approximate surface area is 140 Å². The van der Waals surface area contributed by atoms with E-state index in [4.69, 9.17) is 13.9 Å². The van der Waals surface area contributed by atoms with Crippen molar-refractivity contribution in [2.24, 2.45) is 5.92 Å². The van der Waals surface area contributed by atoms with E-state index in [-0.39, 0.29) is 11.5 Å². The fraction of sp³-hybridized carbons (Fsp3) is 0.444. The molecule has 2 aliphatic heterocycles. The first-order chi connectivity index (χ1) is 11.8. The van der Waals surface area contributed by atoms with Crippen LogP contribution in [0.3, 0.4) is 0 Å². The number of hydrogen-bond acceptors (Lipinski definition) is 5. The van der Waals surface area contributed by atoms with Gasteiger partial charge in [0.15, 0.2) is 5.76 Å². The van der Waals surface area contributed by atoms with Gasteiger partial charge in [-0.25, -0.2) is 4.98 Å². The summed E-state index contributed by atoms with van der Waals surface area (Å²) in [6.45, 7) is 2.61. The van der Waals surface area contributed by atoms with E-state index in [1.54, 1.807) is 23.2 Å². The zero-order valence-electron chi connectivity index (χ0n) is 13.4. The van der Waals surface area contributed by atoms with Gasteiger partial charge in [0.25, 0.3) is 5.91 Å². The van der Waals surface area contributed by atoms with E-state index in [1.165, 1.54) is 6.26 Å². The van der Waals surface area contributed by atoms with Crippen LogP contribution < -0.4 is 4.74 Å². The Bertz CT molecular complexity index is 680. The van der Waals surface area contributed by atoms with E-state index in [1.807, 2.05) is 18.2 Å². The molecule has 2 aromatic heterocycles. The van der Waals surface area contributed by atoms with Crippen LogP contribution in [0.2, 0.25) is 0 Å². The van der Waals surface area contributed by atoms with Crippen LogP contribution in [0.15, 0.2) is 47.2 Å². The Morgan fingerprint density at radius 3 is 3.00 bits per heavy atom. The van der Waals surface area contributed by atoms with Gasteiger partial charge in [-0.1, -0.05) is 6.07 Å². The molecule has 2 aromatic rings. The highest BCUT2D eigenvalue weighted by Crippen LogP contribution is 2.42. The molecule has 0 radical (unpaired) electrons. The van der Waals surface area contributed by atoms with Crippen LogP contribution in [0.5, 0.6) is 5.88 Å². The highest BCUT2D eigenvalue weighted by molar-refractivity contribution is 5.92. The van der Waals surface area contributed by atoms with E-state index >= 15 is 0 Å². The molecule has 1 spiro atoms. The lowest BCUT2D eigenvalue weighted by atomic mass is 9.79. The Hall–Kier alpha value is -2.34. The smallest absolute Gasteiger partial charge is 0.289 e. The number of hydrogen-bond donors (Lipinski definition) is 0. The SMILES string of the molecule is O=C(c1ccco1)N1CC2(C1)OCC[C@H]2CCOc1ccccn1. The Morgan fingerprint density at radius 1 is 1.33 bits per heavy atom. The topological polar surface area (TPSA) is 64.8 Å². The van der Waals surface area contributed by atoms with Gasteiger partial charge < -0.3 is 18.8 Å². The lowest BCUT2D eigenvalue weighted by Crippen LogP contribution is -2.66. The summed E-state index contributed by atoms with van der Waals surface area (Å²) in [5.74, 6) is 1.37. The molecule has 4 heterocycles. The van der Waals surface area contributed by atoms with Crippen LogP contribution in [-0.2, 0) is 4.74 Å². The summed E-state index contributed by atoms with van der Waals surface area (Å²) >= 11 is 0. The molecule has 1 amide bonds. The fourth-order valence-corrected chi connectivity index (χ4v) is 3.58. The van der Waals surface area contributed by atoms with Crippen molar-refractivity contribution in [1.82, 2.24) is 9.88 Å². The van der Waals surface area contributed by atoms with E-state index in [9.17, 15) is 4.79 Å². The number of nitrogens with zero attached hydrogens (tertiary/aromatic N) is 2. The second kappa shape index (κ2) is 6.28. The largest absolute Gasteiger partial charge is 0.478 e. The van der Waals surface area contributed by atoms with E-state index in [0.29, 0.717) is 37.3 Å². The van der Waals surface area contributed by atoms with Gasteiger partial charge in [-0.3, -0.25) is 4.79 Å². The first kappa shape index (κ1) is 15.2. The highest BCUT2D eigenvalue weighted by atomic mass is 16.5. The van der Waals surface area contributed by atoms with Crippen molar-refractivity contribution < 1.29 is 18.7 Å². The number of pyridine rings is 1. The van der Waals surface area contributed by atoms with Gasteiger partial charge in [0.1, 0.15) is 5.60 Å². The van der Waals surface area contributed by atoms with Gasteiger partial charge in [0.05, 0.1) is 26.0 Å².